The van der Waals surface area contributed by atoms with E-state index in [0.29, 0.717) is 23.5 Å². The number of rotatable bonds is 7. The molecule has 2 heterocycles. The Hall–Kier alpha value is -3.61. The number of nitrogens with zero attached hydrogens (tertiary/aromatic N) is 3. The van der Waals surface area contributed by atoms with Crippen molar-refractivity contribution in [2.45, 2.75) is 26.4 Å². The van der Waals surface area contributed by atoms with Crippen molar-refractivity contribution in [3.05, 3.63) is 76.7 Å². The van der Waals surface area contributed by atoms with Crippen molar-refractivity contribution in [1.29, 1.82) is 0 Å². The van der Waals surface area contributed by atoms with Crippen LogP contribution in [0.5, 0.6) is 5.75 Å². The van der Waals surface area contributed by atoms with Gasteiger partial charge in [0.25, 0.3) is 5.56 Å². The number of aromatic amines is 1. The molecule has 0 aliphatic rings. The smallest absolute Gasteiger partial charge is 0.263 e. The summed E-state index contributed by atoms with van der Waals surface area (Å²) in [5.74, 6) is 1.23. The summed E-state index contributed by atoms with van der Waals surface area (Å²) in [4.78, 5) is 19.8. The van der Waals surface area contributed by atoms with Crippen LogP contribution in [0.4, 0.5) is 5.95 Å². The normalized spacial score (nSPS) is 12.1. The van der Waals surface area contributed by atoms with E-state index >= 15 is 0 Å². The molecule has 0 aliphatic carbocycles. The molecule has 1 atom stereocenters. The number of hydrogen-bond acceptors (Lipinski definition) is 5. The van der Waals surface area contributed by atoms with Gasteiger partial charge in [0, 0.05) is 0 Å². The molecule has 7 heteroatoms. The topological polar surface area (TPSA) is 84.8 Å². The Balaban J connectivity index is 1.55. The molecule has 7 nitrogen and oxygen atoms in total. The summed E-state index contributed by atoms with van der Waals surface area (Å²) in [5.41, 5.74) is 2.28. The molecule has 2 aromatic heterocycles. The van der Waals surface area contributed by atoms with E-state index in [9.17, 15) is 4.79 Å². The third-order valence-electron chi connectivity index (χ3n) is 4.68. The molecule has 0 fully saturated rings. The van der Waals surface area contributed by atoms with Crippen molar-refractivity contribution in [2.24, 2.45) is 0 Å². The zero-order valence-corrected chi connectivity index (χ0v) is 16.4. The number of aryl methyl sites for hydroxylation is 1. The highest BCUT2D eigenvalue weighted by atomic mass is 16.5. The van der Waals surface area contributed by atoms with E-state index in [1.54, 1.807) is 4.68 Å². The molecule has 2 aromatic carbocycles. The zero-order valence-electron chi connectivity index (χ0n) is 16.4. The van der Waals surface area contributed by atoms with Gasteiger partial charge in [0.1, 0.15) is 17.2 Å². The van der Waals surface area contributed by atoms with Gasteiger partial charge in [-0.2, -0.15) is 10.1 Å². The van der Waals surface area contributed by atoms with Crippen LogP contribution >= 0.6 is 0 Å². The van der Waals surface area contributed by atoms with Crippen LogP contribution in [0.25, 0.3) is 16.7 Å². The average molecular weight is 389 g/mol. The summed E-state index contributed by atoms with van der Waals surface area (Å²) in [6.45, 7) is 4.61. The second-order valence-corrected chi connectivity index (χ2v) is 6.89. The third kappa shape index (κ3) is 4.13. The molecular formula is C22H23N5O2. The Bertz CT molecular complexity index is 1170. The van der Waals surface area contributed by atoms with Crippen LogP contribution in [0.15, 0.2) is 65.6 Å². The highest BCUT2D eigenvalue weighted by Gasteiger charge is 2.13. The predicted octanol–water partition coefficient (Wildman–Crippen LogP) is 3.69. The number of anilines is 1. The summed E-state index contributed by atoms with van der Waals surface area (Å²) >= 11 is 0. The van der Waals surface area contributed by atoms with Gasteiger partial charge in [0.2, 0.25) is 5.95 Å². The zero-order chi connectivity index (χ0) is 20.2. The molecule has 1 unspecified atom stereocenters. The number of nitrogens with one attached hydrogen (secondary N) is 2. The van der Waals surface area contributed by atoms with E-state index in [0.717, 1.165) is 23.4 Å². The second-order valence-electron chi connectivity index (χ2n) is 6.89. The molecule has 0 saturated heterocycles. The molecule has 2 N–H and O–H groups in total. The van der Waals surface area contributed by atoms with Crippen LogP contribution in [0.2, 0.25) is 0 Å². The Morgan fingerprint density at radius 2 is 2.00 bits per heavy atom. The van der Waals surface area contributed by atoms with Gasteiger partial charge in [-0.05, 0) is 43.2 Å². The van der Waals surface area contributed by atoms with Gasteiger partial charge < -0.3 is 10.1 Å². The summed E-state index contributed by atoms with van der Waals surface area (Å²) in [7, 11) is 0. The average Bonchev–Trinajstić information content (AvgIpc) is 3.16. The molecule has 0 bridgehead atoms. The lowest BCUT2D eigenvalue weighted by Gasteiger charge is -2.18. The number of aromatic nitrogens is 4. The number of hydrogen-bond donors (Lipinski definition) is 2. The first kappa shape index (κ1) is 18.7. The minimum absolute atomic E-state index is 0.0585. The van der Waals surface area contributed by atoms with Crippen LogP contribution in [-0.4, -0.2) is 32.4 Å². The number of para-hydroxylation sites is 1. The number of benzene rings is 2. The number of H-pyrrole nitrogens is 1. The molecule has 0 spiro atoms. The first-order chi connectivity index (χ1) is 14.1. The van der Waals surface area contributed by atoms with Crippen LogP contribution < -0.4 is 15.6 Å². The molecule has 0 radical (unpaired) electrons. The summed E-state index contributed by atoms with van der Waals surface area (Å²) < 4.78 is 7.73. The SMILES string of the molecule is CCC(CNc1nc2c(cnn2-c2ccccc2)c(=O)[nH]1)Oc1cccc(C)c1. The summed E-state index contributed by atoms with van der Waals surface area (Å²) in [6, 6.07) is 17.6. The number of ether oxygens (including phenoxy) is 1. The van der Waals surface area contributed by atoms with Crippen molar-refractivity contribution >= 4 is 17.0 Å². The van der Waals surface area contributed by atoms with Gasteiger partial charge in [0.05, 0.1) is 18.4 Å². The summed E-state index contributed by atoms with van der Waals surface area (Å²) in [6.07, 6.45) is 2.29. The van der Waals surface area contributed by atoms with E-state index in [1.807, 2.05) is 61.5 Å². The van der Waals surface area contributed by atoms with Gasteiger partial charge in [0.15, 0.2) is 5.65 Å². The van der Waals surface area contributed by atoms with E-state index in [-0.39, 0.29) is 11.7 Å². The first-order valence-electron chi connectivity index (χ1n) is 9.64. The fraction of sp³-hybridized carbons (Fsp3) is 0.227. The molecular weight excluding hydrogens is 366 g/mol. The van der Waals surface area contributed by atoms with Gasteiger partial charge in [-0.15, -0.1) is 0 Å². The maximum atomic E-state index is 12.5. The quantitative estimate of drug-likeness (QED) is 0.504. The molecule has 4 rings (SSSR count). The molecule has 0 amide bonds. The fourth-order valence-electron chi connectivity index (χ4n) is 3.12. The maximum Gasteiger partial charge on any atom is 0.263 e. The van der Waals surface area contributed by atoms with Crippen LogP contribution in [0.3, 0.4) is 0 Å². The lowest BCUT2D eigenvalue weighted by atomic mass is 10.2. The molecule has 148 valence electrons. The molecule has 0 saturated carbocycles. The monoisotopic (exact) mass is 389 g/mol. The minimum atomic E-state index is -0.229. The van der Waals surface area contributed by atoms with Crippen LogP contribution in [0, 0.1) is 6.92 Å². The molecule has 4 aromatic rings. The van der Waals surface area contributed by atoms with E-state index in [1.165, 1.54) is 6.20 Å². The Labute approximate surface area is 168 Å². The van der Waals surface area contributed by atoms with Crippen molar-refractivity contribution in [2.75, 3.05) is 11.9 Å². The lowest BCUT2D eigenvalue weighted by Crippen LogP contribution is -2.27. The van der Waals surface area contributed by atoms with Crippen LogP contribution in [-0.2, 0) is 0 Å². The second kappa shape index (κ2) is 8.18. The highest BCUT2D eigenvalue weighted by Crippen LogP contribution is 2.17. The molecule has 29 heavy (non-hydrogen) atoms. The van der Waals surface area contributed by atoms with Gasteiger partial charge >= 0.3 is 0 Å². The maximum absolute atomic E-state index is 12.5. The highest BCUT2D eigenvalue weighted by molar-refractivity contribution is 5.76. The fourth-order valence-corrected chi connectivity index (χ4v) is 3.12. The van der Waals surface area contributed by atoms with Gasteiger partial charge in [-0.1, -0.05) is 37.3 Å². The van der Waals surface area contributed by atoms with Crippen molar-refractivity contribution in [3.8, 4) is 11.4 Å². The van der Waals surface area contributed by atoms with Crippen molar-refractivity contribution in [3.63, 3.8) is 0 Å². The standard InChI is InChI=1S/C22H23N5O2/c1-3-17(29-18-11-7-8-15(2)12-18)13-23-22-25-20-19(21(28)26-22)14-24-27(20)16-9-5-4-6-10-16/h4-12,14,17H,3,13H2,1-2H3,(H2,23,25,26,28). The predicted molar refractivity (Wildman–Crippen MR) is 114 cm³/mol. The Kier molecular flexibility index (Phi) is 5.29. The Morgan fingerprint density at radius 3 is 2.76 bits per heavy atom. The van der Waals surface area contributed by atoms with Crippen LogP contribution in [0.1, 0.15) is 18.9 Å². The lowest BCUT2D eigenvalue weighted by molar-refractivity contribution is 0.209. The summed E-state index contributed by atoms with van der Waals surface area (Å²) in [5, 5.41) is 7.97. The van der Waals surface area contributed by atoms with E-state index < -0.39 is 0 Å². The largest absolute Gasteiger partial charge is 0.489 e. The minimum Gasteiger partial charge on any atom is -0.489 e. The van der Waals surface area contributed by atoms with Crippen molar-refractivity contribution in [1.82, 2.24) is 19.7 Å². The van der Waals surface area contributed by atoms with E-state index in [2.05, 4.69) is 27.3 Å². The van der Waals surface area contributed by atoms with Gasteiger partial charge in [-0.3, -0.25) is 9.78 Å². The van der Waals surface area contributed by atoms with E-state index in [4.69, 9.17) is 4.74 Å². The Morgan fingerprint density at radius 1 is 1.17 bits per heavy atom. The van der Waals surface area contributed by atoms with Gasteiger partial charge in [-0.25, -0.2) is 4.68 Å². The van der Waals surface area contributed by atoms with Crippen molar-refractivity contribution < 1.29 is 4.74 Å². The molecule has 0 aliphatic heterocycles. The number of fused-ring (bicyclic) bond motifs is 1. The first-order valence-corrected chi connectivity index (χ1v) is 9.64. The third-order valence-corrected chi connectivity index (χ3v) is 4.68.